The van der Waals surface area contributed by atoms with Crippen molar-refractivity contribution in [2.75, 3.05) is 5.75 Å². The molecule has 1 aromatic carbocycles. The molecule has 3 rings (SSSR count). The van der Waals surface area contributed by atoms with Crippen LogP contribution >= 0.6 is 22.4 Å². The van der Waals surface area contributed by atoms with Crippen LogP contribution in [-0.2, 0) is 15.6 Å². The highest BCUT2D eigenvalue weighted by molar-refractivity contribution is 8.13. The van der Waals surface area contributed by atoms with Crippen LogP contribution in [0.15, 0.2) is 46.7 Å². The van der Waals surface area contributed by atoms with Crippen molar-refractivity contribution >= 4 is 31.5 Å². The van der Waals surface area contributed by atoms with E-state index in [1.165, 1.54) is 23.0 Å². The molecule has 4 nitrogen and oxygen atoms in total. The van der Waals surface area contributed by atoms with Crippen molar-refractivity contribution in [3.05, 3.63) is 42.4 Å². The zero-order chi connectivity index (χ0) is 13.5. The van der Waals surface area contributed by atoms with Gasteiger partial charge in [0, 0.05) is 40.0 Å². The lowest BCUT2D eigenvalue weighted by atomic mass is 10.0. The molecule has 0 radical (unpaired) electrons. The Balaban J connectivity index is 1.82. The van der Waals surface area contributed by atoms with E-state index < -0.39 is 9.05 Å². The lowest BCUT2D eigenvalue weighted by Gasteiger charge is -2.10. The Bertz CT molecular complexity index is 712. The first kappa shape index (κ1) is 13.0. The summed E-state index contributed by atoms with van der Waals surface area (Å²) in [5.41, 5.74) is 1.32. The molecule has 0 aliphatic carbocycles. The number of halogens is 1. The van der Waals surface area contributed by atoms with E-state index in [-0.39, 0.29) is 5.03 Å². The van der Waals surface area contributed by atoms with Crippen molar-refractivity contribution in [2.45, 2.75) is 22.4 Å². The lowest BCUT2D eigenvalue weighted by Crippen LogP contribution is -2.07. The van der Waals surface area contributed by atoms with Crippen LogP contribution in [0, 0.1) is 0 Å². The van der Waals surface area contributed by atoms with E-state index in [2.05, 4.69) is 17.1 Å². The molecule has 0 fully saturated rings. The Labute approximate surface area is 120 Å². The second kappa shape index (κ2) is 4.85. The molecule has 1 aliphatic rings. The largest absolute Gasteiger partial charge is 0.335 e. The van der Waals surface area contributed by atoms with Crippen LogP contribution in [0.4, 0.5) is 0 Å². The Morgan fingerprint density at radius 2 is 2.21 bits per heavy atom. The monoisotopic (exact) mass is 314 g/mol. The SMILES string of the molecule is O=S(=O)(Cl)c1cn(CC2CSc3ccccc32)cn1. The van der Waals surface area contributed by atoms with E-state index in [4.69, 9.17) is 10.7 Å². The van der Waals surface area contributed by atoms with Gasteiger partial charge in [0.2, 0.25) is 0 Å². The Kier molecular flexibility index (Phi) is 3.32. The van der Waals surface area contributed by atoms with Crippen LogP contribution in [0.1, 0.15) is 11.5 Å². The second-order valence-electron chi connectivity index (χ2n) is 4.39. The number of thioether (sulfide) groups is 1. The third-order valence-corrected chi connectivity index (χ3v) is 5.53. The number of hydrogen-bond acceptors (Lipinski definition) is 4. The molecule has 0 bridgehead atoms. The molecule has 100 valence electrons. The van der Waals surface area contributed by atoms with Gasteiger partial charge in [0.25, 0.3) is 9.05 Å². The molecule has 0 spiro atoms. The van der Waals surface area contributed by atoms with E-state index in [1.807, 2.05) is 23.9 Å². The molecule has 1 aromatic heterocycles. The maximum Gasteiger partial charge on any atom is 0.280 e. The minimum atomic E-state index is -3.74. The van der Waals surface area contributed by atoms with Gasteiger partial charge in [-0.25, -0.2) is 13.4 Å². The summed E-state index contributed by atoms with van der Waals surface area (Å²) in [6.07, 6.45) is 2.99. The molecule has 2 aromatic rings. The van der Waals surface area contributed by atoms with E-state index in [0.29, 0.717) is 12.5 Å². The smallest absolute Gasteiger partial charge is 0.280 e. The zero-order valence-electron chi connectivity index (χ0n) is 9.86. The van der Waals surface area contributed by atoms with Gasteiger partial charge in [-0.15, -0.1) is 11.8 Å². The summed E-state index contributed by atoms with van der Waals surface area (Å²) in [6, 6.07) is 8.29. The van der Waals surface area contributed by atoms with Crippen LogP contribution in [0.2, 0.25) is 0 Å². The maximum atomic E-state index is 11.2. The van der Waals surface area contributed by atoms with Crippen molar-refractivity contribution in [1.29, 1.82) is 0 Å². The van der Waals surface area contributed by atoms with E-state index in [9.17, 15) is 8.42 Å². The Hall–Kier alpha value is -0.980. The highest BCUT2D eigenvalue weighted by atomic mass is 35.7. The lowest BCUT2D eigenvalue weighted by molar-refractivity contribution is 0.599. The molecular weight excluding hydrogens is 304 g/mol. The molecule has 1 atom stereocenters. The van der Waals surface area contributed by atoms with Gasteiger partial charge >= 0.3 is 0 Å². The first-order valence-corrected chi connectivity index (χ1v) is 9.02. The number of rotatable bonds is 3. The third kappa shape index (κ3) is 2.66. The van der Waals surface area contributed by atoms with Gasteiger partial charge in [-0.3, -0.25) is 0 Å². The highest BCUT2D eigenvalue weighted by Gasteiger charge is 2.23. The summed E-state index contributed by atoms with van der Waals surface area (Å²) in [7, 11) is 1.52. The number of imidazole rings is 1. The predicted molar refractivity (Wildman–Crippen MR) is 75.2 cm³/mol. The molecule has 1 aliphatic heterocycles. The fraction of sp³-hybridized carbons (Fsp3) is 0.250. The molecule has 0 N–H and O–H groups in total. The molecular formula is C12H11ClN2O2S2. The summed E-state index contributed by atoms with van der Waals surface area (Å²) in [5.74, 6) is 1.38. The third-order valence-electron chi connectivity index (χ3n) is 3.09. The number of fused-ring (bicyclic) bond motifs is 1. The number of hydrogen-bond donors (Lipinski definition) is 0. The maximum absolute atomic E-state index is 11.2. The topological polar surface area (TPSA) is 52.0 Å². The summed E-state index contributed by atoms with van der Waals surface area (Å²) < 4.78 is 24.1. The van der Waals surface area contributed by atoms with Crippen LogP contribution < -0.4 is 0 Å². The summed E-state index contributed by atoms with van der Waals surface area (Å²) in [6.45, 7) is 0.712. The van der Waals surface area contributed by atoms with Crippen LogP contribution in [0.25, 0.3) is 0 Å². The Morgan fingerprint density at radius 1 is 1.42 bits per heavy atom. The fourth-order valence-corrected chi connectivity index (χ4v) is 4.12. The van der Waals surface area contributed by atoms with Gasteiger partial charge in [-0.05, 0) is 11.6 Å². The zero-order valence-corrected chi connectivity index (χ0v) is 12.2. The van der Waals surface area contributed by atoms with Crippen molar-refractivity contribution in [3.8, 4) is 0 Å². The molecule has 0 saturated heterocycles. The van der Waals surface area contributed by atoms with E-state index in [0.717, 1.165) is 5.75 Å². The minimum Gasteiger partial charge on any atom is -0.335 e. The van der Waals surface area contributed by atoms with E-state index >= 15 is 0 Å². The average Bonchev–Trinajstić information content (AvgIpc) is 2.97. The molecule has 2 heterocycles. The predicted octanol–water partition coefficient (Wildman–Crippen LogP) is 2.70. The van der Waals surface area contributed by atoms with Gasteiger partial charge < -0.3 is 4.57 Å². The van der Waals surface area contributed by atoms with Gasteiger partial charge in [-0.1, -0.05) is 18.2 Å². The number of aromatic nitrogens is 2. The normalized spacial score (nSPS) is 18.5. The van der Waals surface area contributed by atoms with Crippen molar-refractivity contribution < 1.29 is 8.42 Å². The van der Waals surface area contributed by atoms with Crippen LogP contribution in [-0.4, -0.2) is 23.7 Å². The first-order chi connectivity index (χ1) is 9.04. The summed E-state index contributed by atoms with van der Waals surface area (Å²) in [4.78, 5) is 5.13. The van der Waals surface area contributed by atoms with Gasteiger partial charge in [0.05, 0.1) is 6.33 Å². The van der Waals surface area contributed by atoms with Gasteiger partial charge in [-0.2, -0.15) is 0 Å². The van der Waals surface area contributed by atoms with Crippen molar-refractivity contribution in [2.24, 2.45) is 0 Å². The number of nitrogens with zero attached hydrogens (tertiary/aromatic N) is 2. The van der Waals surface area contributed by atoms with Gasteiger partial charge in [0.15, 0.2) is 5.03 Å². The van der Waals surface area contributed by atoms with Crippen LogP contribution in [0.5, 0.6) is 0 Å². The molecule has 7 heteroatoms. The molecule has 1 unspecified atom stereocenters. The molecule has 0 saturated carbocycles. The summed E-state index contributed by atoms with van der Waals surface area (Å²) in [5, 5.41) is -0.0897. The standard InChI is InChI=1S/C12H11ClN2O2S2/c13-19(16,17)12-6-15(8-14-12)5-9-7-18-11-4-2-1-3-10(9)11/h1-4,6,8-9H,5,7H2. The summed E-state index contributed by atoms with van der Waals surface area (Å²) >= 11 is 1.83. The number of benzene rings is 1. The van der Waals surface area contributed by atoms with Crippen molar-refractivity contribution in [3.63, 3.8) is 0 Å². The quantitative estimate of drug-likeness (QED) is 0.817. The van der Waals surface area contributed by atoms with Crippen molar-refractivity contribution in [1.82, 2.24) is 9.55 Å². The minimum absolute atomic E-state index is 0.0897. The average molecular weight is 315 g/mol. The molecule has 19 heavy (non-hydrogen) atoms. The first-order valence-electron chi connectivity index (χ1n) is 5.72. The molecule has 0 amide bonds. The fourth-order valence-electron chi connectivity index (χ4n) is 2.20. The second-order valence-corrected chi connectivity index (χ2v) is 7.97. The van der Waals surface area contributed by atoms with E-state index in [1.54, 1.807) is 4.57 Å². The Morgan fingerprint density at radius 3 is 2.95 bits per heavy atom. The van der Waals surface area contributed by atoms with Gasteiger partial charge in [0.1, 0.15) is 0 Å². The van der Waals surface area contributed by atoms with Crippen LogP contribution in [0.3, 0.4) is 0 Å². The highest BCUT2D eigenvalue weighted by Crippen LogP contribution is 2.40.